The van der Waals surface area contributed by atoms with Gasteiger partial charge in [-0.25, -0.2) is 8.42 Å². The average molecular weight is 671 g/mol. The van der Waals surface area contributed by atoms with E-state index in [1.165, 1.54) is 72.8 Å². The summed E-state index contributed by atoms with van der Waals surface area (Å²) in [5.41, 5.74) is 6.57. The summed E-state index contributed by atoms with van der Waals surface area (Å²) in [6, 6.07) is 21.1. The number of phenolic OH excluding ortho intramolecular Hbond substituents is 1. The number of hydrogen-bond acceptors (Lipinski definition) is 13. The largest absolute Gasteiger partial charge is 1.00 e. The van der Waals surface area contributed by atoms with Crippen LogP contribution in [0.25, 0.3) is 10.8 Å². The maximum atomic E-state index is 12.7. The predicted molar refractivity (Wildman–Crippen MR) is 160 cm³/mol. The molecule has 14 nitrogen and oxygen atoms in total. The summed E-state index contributed by atoms with van der Waals surface area (Å²) < 4.78 is 35.6. The molecular weight excluding hydrogens is 650 g/mol. The van der Waals surface area contributed by atoms with Crippen molar-refractivity contribution in [1.29, 1.82) is 0 Å². The summed E-state index contributed by atoms with van der Waals surface area (Å²) in [5.74, 6) is -3.03. The molecule has 226 valence electrons. The molecule has 0 heterocycles. The first kappa shape index (κ1) is 37.3. The number of aromatic carboxylic acids is 1. The van der Waals surface area contributed by atoms with E-state index in [2.05, 4.69) is 25.8 Å². The number of carbonyl (C=O) groups is 2. The number of amides is 1. The molecule has 0 aromatic heterocycles. The molecule has 47 heavy (non-hydrogen) atoms. The maximum absolute atomic E-state index is 12.7. The molecule has 1 amide bonds. The molecule has 0 unspecified atom stereocenters. The van der Waals surface area contributed by atoms with E-state index in [1.54, 1.807) is 0 Å². The quantitative estimate of drug-likeness (QED) is 0.0697. The summed E-state index contributed by atoms with van der Waals surface area (Å²) in [5, 5.41) is 50.1. The van der Waals surface area contributed by atoms with Gasteiger partial charge in [0.2, 0.25) is 0 Å². The summed E-state index contributed by atoms with van der Waals surface area (Å²) in [6.45, 7) is 0. The van der Waals surface area contributed by atoms with E-state index in [1.807, 2.05) is 0 Å². The van der Waals surface area contributed by atoms with Crippen molar-refractivity contribution in [1.82, 2.24) is 0 Å². The van der Waals surface area contributed by atoms with Gasteiger partial charge < -0.3 is 35.7 Å². The van der Waals surface area contributed by atoms with Crippen molar-refractivity contribution in [2.75, 3.05) is 11.1 Å². The number of nitrogens with one attached hydrogen (secondary N) is 1. The standard InChI is InChI=1S/C30H22N6O8S.2Na/c31-18-4-1-17-13-26(45(42,43)44)27(28(38)23(17)14-18)36-34-21-9-7-19(8-10-21)32-29(39)16-2-5-20(6-3-16)33-35-22-11-12-25(37)24(15-22)30(40)41;;/h1-15,37-38H,31H2,(H,32,39)(H,40,41)(H,42,43,44);;/q;2*+1/p-2. The molecule has 0 atom stereocenters. The van der Waals surface area contributed by atoms with Gasteiger partial charge in [0.15, 0.2) is 5.75 Å². The van der Waals surface area contributed by atoms with Crippen LogP contribution < -0.4 is 75.3 Å². The van der Waals surface area contributed by atoms with Crippen LogP contribution in [0.15, 0.2) is 116 Å². The number of nitrogen functional groups attached to an aromatic ring is 1. The van der Waals surface area contributed by atoms with Crippen LogP contribution in [0.4, 0.5) is 34.1 Å². The van der Waals surface area contributed by atoms with Crippen molar-refractivity contribution in [3.05, 3.63) is 102 Å². The molecule has 0 aliphatic rings. The van der Waals surface area contributed by atoms with Crippen LogP contribution in [-0.2, 0) is 10.1 Å². The van der Waals surface area contributed by atoms with Gasteiger partial charge in [-0.1, -0.05) is 6.07 Å². The van der Waals surface area contributed by atoms with Gasteiger partial charge in [-0.3, -0.25) is 4.79 Å². The van der Waals surface area contributed by atoms with Gasteiger partial charge in [0.25, 0.3) is 5.91 Å². The topological polar surface area (TPSA) is 242 Å². The Hall–Kier alpha value is -4.19. The maximum Gasteiger partial charge on any atom is 1.00 e. The first-order valence-electron chi connectivity index (χ1n) is 12.8. The third-order valence-electron chi connectivity index (χ3n) is 6.35. The van der Waals surface area contributed by atoms with Gasteiger partial charge in [0.1, 0.15) is 21.6 Å². The number of carboxylic acids is 1. The molecule has 0 spiro atoms. The number of anilines is 2. The molecule has 5 aromatic carbocycles. The molecular formula is C30H20N6Na2O8S. The van der Waals surface area contributed by atoms with Gasteiger partial charge in [0, 0.05) is 27.9 Å². The number of carboxylic acid groups (broad SMARTS) is 1. The smallest absolute Gasteiger partial charge is 0.744 e. The van der Waals surface area contributed by atoms with E-state index < -0.39 is 49.6 Å². The SMILES string of the molecule is Nc1ccc2cc(S(=O)(=O)[O-])c(N=Nc3ccc(NC(=O)c4ccc(N=Nc5ccc(O)c(C(=O)[O-])c5)cc4)cc3)c(O)c2c1.[Na+].[Na+]. The number of hydrogen-bond donors (Lipinski definition) is 4. The fraction of sp³-hybridized carbons (Fsp3) is 0. The Labute approximate surface area is 311 Å². The number of phenols is 2. The second-order valence-electron chi connectivity index (χ2n) is 9.44. The number of fused-ring (bicyclic) bond motifs is 1. The van der Waals surface area contributed by atoms with Crippen molar-refractivity contribution in [3.63, 3.8) is 0 Å². The van der Waals surface area contributed by atoms with E-state index >= 15 is 0 Å². The number of benzene rings is 5. The number of carbonyl (C=O) groups excluding carboxylic acids is 2. The molecule has 0 saturated heterocycles. The van der Waals surface area contributed by atoms with Crippen LogP contribution in [0, 0.1) is 0 Å². The summed E-state index contributed by atoms with van der Waals surface area (Å²) in [7, 11) is -5.02. The van der Waals surface area contributed by atoms with Gasteiger partial charge in [-0.2, -0.15) is 15.3 Å². The number of rotatable bonds is 8. The predicted octanol–water partition coefficient (Wildman–Crippen LogP) is -0.808. The molecule has 0 aliphatic heterocycles. The molecule has 5 N–H and O–H groups in total. The molecule has 0 radical (unpaired) electrons. The summed E-state index contributed by atoms with van der Waals surface area (Å²) in [6.07, 6.45) is 0. The zero-order valence-corrected chi connectivity index (χ0v) is 29.6. The van der Waals surface area contributed by atoms with E-state index in [4.69, 9.17) is 5.73 Å². The minimum absolute atomic E-state index is 0. The fourth-order valence-corrected chi connectivity index (χ4v) is 4.76. The molecule has 0 aliphatic carbocycles. The number of azo groups is 2. The summed E-state index contributed by atoms with van der Waals surface area (Å²) >= 11 is 0. The molecule has 0 bridgehead atoms. The molecule has 0 saturated carbocycles. The Kier molecular flexibility index (Phi) is 12.4. The molecule has 5 rings (SSSR count). The van der Waals surface area contributed by atoms with E-state index in [9.17, 15) is 37.9 Å². The van der Waals surface area contributed by atoms with Crippen LogP contribution in [-0.4, -0.2) is 35.1 Å². The number of nitrogens with zero attached hydrogens (tertiary/aromatic N) is 4. The van der Waals surface area contributed by atoms with Crippen molar-refractivity contribution < 1.29 is 97.0 Å². The molecule has 5 aromatic rings. The Morgan fingerprint density at radius 1 is 0.745 bits per heavy atom. The zero-order valence-electron chi connectivity index (χ0n) is 24.8. The van der Waals surface area contributed by atoms with Gasteiger partial charge >= 0.3 is 59.1 Å². The zero-order chi connectivity index (χ0) is 32.3. The van der Waals surface area contributed by atoms with E-state index in [0.717, 1.165) is 18.2 Å². The van der Waals surface area contributed by atoms with Crippen LogP contribution in [0.5, 0.6) is 11.5 Å². The minimum atomic E-state index is -5.02. The van der Waals surface area contributed by atoms with Gasteiger partial charge in [-0.15, -0.1) is 5.11 Å². The van der Waals surface area contributed by atoms with Crippen LogP contribution >= 0.6 is 0 Å². The van der Waals surface area contributed by atoms with Crippen LogP contribution in [0.3, 0.4) is 0 Å². The van der Waals surface area contributed by atoms with Crippen LogP contribution in [0.1, 0.15) is 20.7 Å². The minimum Gasteiger partial charge on any atom is -0.744 e. The van der Waals surface area contributed by atoms with Crippen LogP contribution in [0.2, 0.25) is 0 Å². The Bertz CT molecular complexity index is 2140. The molecule has 17 heteroatoms. The summed E-state index contributed by atoms with van der Waals surface area (Å²) in [4.78, 5) is 23.0. The van der Waals surface area contributed by atoms with E-state index in [-0.39, 0.29) is 81.3 Å². The second kappa shape index (κ2) is 15.6. The third kappa shape index (κ3) is 9.00. The first-order valence-corrected chi connectivity index (χ1v) is 14.2. The number of aromatic hydroxyl groups is 2. The van der Waals surface area contributed by atoms with Crippen molar-refractivity contribution >= 4 is 66.9 Å². The average Bonchev–Trinajstić information content (AvgIpc) is 3.00. The van der Waals surface area contributed by atoms with E-state index in [0.29, 0.717) is 22.6 Å². The monoisotopic (exact) mass is 670 g/mol. The third-order valence-corrected chi connectivity index (χ3v) is 7.20. The second-order valence-corrected chi connectivity index (χ2v) is 10.8. The first-order chi connectivity index (χ1) is 21.4. The normalized spacial score (nSPS) is 11.3. The van der Waals surface area contributed by atoms with Crippen molar-refractivity contribution in [3.8, 4) is 11.5 Å². The van der Waals surface area contributed by atoms with Gasteiger partial charge in [-0.05, 0) is 90.3 Å². The Balaban J connectivity index is 0.00000300. The Morgan fingerprint density at radius 3 is 1.94 bits per heavy atom. The number of nitrogens with two attached hydrogens (primary N) is 1. The Morgan fingerprint density at radius 2 is 1.32 bits per heavy atom. The molecule has 0 fully saturated rings. The van der Waals surface area contributed by atoms with Crippen molar-refractivity contribution in [2.45, 2.75) is 4.90 Å². The fourth-order valence-electron chi connectivity index (χ4n) is 4.11. The van der Waals surface area contributed by atoms with Gasteiger partial charge in [0.05, 0.1) is 27.9 Å². The van der Waals surface area contributed by atoms with Crippen molar-refractivity contribution in [2.24, 2.45) is 20.5 Å².